The summed E-state index contributed by atoms with van der Waals surface area (Å²) in [5.74, 6) is 1.84. The summed E-state index contributed by atoms with van der Waals surface area (Å²) >= 11 is 1.75. The van der Waals surface area contributed by atoms with Crippen LogP contribution in [0.3, 0.4) is 0 Å². The Morgan fingerprint density at radius 3 is 2.92 bits per heavy atom. The summed E-state index contributed by atoms with van der Waals surface area (Å²) in [7, 11) is 1.68. The molecule has 2 nitrogen and oxygen atoms in total. The second-order valence-electron chi connectivity index (χ2n) is 2.97. The SMILES string of the molecule is COc1cccc(SCC(C)N)c1. The molecular formula is C10H15NOS. The minimum atomic E-state index is 0.233. The summed E-state index contributed by atoms with van der Waals surface area (Å²) in [5, 5.41) is 0. The van der Waals surface area contributed by atoms with Gasteiger partial charge < -0.3 is 10.5 Å². The first-order valence-electron chi connectivity index (χ1n) is 4.25. The first kappa shape index (κ1) is 10.4. The summed E-state index contributed by atoms with van der Waals surface area (Å²) in [6, 6.07) is 8.25. The number of methoxy groups -OCH3 is 1. The van der Waals surface area contributed by atoms with Crippen LogP contribution in [0.4, 0.5) is 0 Å². The first-order chi connectivity index (χ1) is 6.22. The Balaban J connectivity index is 2.56. The molecule has 0 amide bonds. The number of hydrogen-bond donors (Lipinski definition) is 1. The van der Waals surface area contributed by atoms with E-state index < -0.39 is 0 Å². The predicted octanol–water partition coefficient (Wildman–Crippen LogP) is 2.13. The fourth-order valence-electron chi connectivity index (χ4n) is 0.919. The minimum absolute atomic E-state index is 0.233. The van der Waals surface area contributed by atoms with Crippen LogP contribution in [0, 0.1) is 0 Å². The van der Waals surface area contributed by atoms with Crippen LogP contribution in [0.5, 0.6) is 5.75 Å². The van der Waals surface area contributed by atoms with Gasteiger partial charge in [0.15, 0.2) is 0 Å². The minimum Gasteiger partial charge on any atom is -0.497 e. The zero-order valence-corrected chi connectivity index (χ0v) is 8.80. The Morgan fingerprint density at radius 1 is 1.54 bits per heavy atom. The molecule has 2 N–H and O–H groups in total. The van der Waals surface area contributed by atoms with E-state index in [0.29, 0.717) is 0 Å². The van der Waals surface area contributed by atoms with Gasteiger partial charge in [-0.15, -0.1) is 11.8 Å². The fourth-order valence-corrected chi connectivity index (χ4v) is 1.75. The molecule has 13 heavy (non-hydrogen) atoms. The van der Waals surface area contributed by atoms with Crippen molar-refractivity contribution in [3.63, 3.8) is 0 Å². The predicted molar refractivity (Wildman–Crippen MR) is 57.4 cm³/mol. The molecule has 0 spiro atoms. The number of rotatable bonds is 4. The van der Waals surface area contributed by atoms with Crippen LogP contribution in [0.15, 0.2) is 29.2 Å². The van der Waals surface area contributed by atoms with E-state index in [1.54, 1.807) is 18.9 Å². The van der Waals surface area contributed by atoms with Crippen molar-refractivity contribution in [3.8, 4) is 5.75 Å². The van der Waals surface area contributed by atoms with Gasteiger partial charge in [-0.05, 0) is 25.1 Å². The van der Waals surface area contributed by atoms with Gasteiger partial charge in [0.05, 0.1) is 7.11 Å². The molecule has 0 aliphatic rings. The van der Waals surface area contributed by atoms with Crippen molar-refractivity contribution in [2.45, 2.75) is 17.9 Å². The molecule has 0 saturated heterocycles. The molecule has 0 aliphatic heterocycles. The van der Waals surface area contributed by atoms with E-state index in [9.17, 15) is 0 Å². The van der Waals surface area contributed by atoms with Crippen LogP contribution in [0.2, 0.25) is 0 Å². The highest BCUT2D eigenvalue weighted by atomic mass is 32.2. The van der Waals surface area contributed by atoms with Crippen molar-refractivity contribution in [1.82, 2.24) is 0 Å². The lowest BCUT2D eigenvalue weighted by Crippen LogP contribution is -2.17. The highest BCUT2D eigenvalue weighted by molar-refractivity contribution is 7.99. The molecule has 0 bridgehead atoms. The molecular weight excluding hydrogens is 182 g/mol. The van der Waals surface area contributed by atoms with Gasteiger partial charge in [-0.25, -0.2) is 0 Å². The maximum atomic E-state index is 5.66. The Labute approximate surface area is 83.5 Å². The van der Waals surface area contributed by atoms with E-state index in [2.05, 4.69) is 6.07 Å². The van der Waals surface area contributed by atoms with Gasteiger partial charge in [-0.1, -0.05) is 6.07 Å². The Morgan fingerprint density at radius 2 is 2.31 bits per heavy atom. The van der Waals surface area contributed by atoms with Gasteiger partial charge in [-0.3, -0.25) is 0 Å². The third-order valence-corrected chi connectivity index (χ3v) is 2.83. The Kier molecular flexibility index (Phi) is 4.12. The van der Waals surface area contributed by atoms with Crippen LogP contribution in [-0.2, 0) is 0 Å². The summed E-state index contributed by atoms with van der Waals surface area (Å²) in [6.07, 6.45) is 0. The van der Waals surface area contributed by atoms with E-state index in [1.165, 1.54) is 4.90 Å². The molecule has 3 heteroatoms. The summed E-state index contributed by atoms with van der Waals surface area (Å²) in [6.45, 7) is 2.01. The van der Waals surface area contributed by atoms with E-state index >= 15 is 0 Å². The average molecular weight is 197 g/mol. The topological polar surface area (TPSA) is 35.2 Å². The van der Waals surface area contributed by atoms with Crippen molar-refractivity contribution in [1.29, 1.82) is 0 Å². The van der Waals surface area contributed by atoms with Gasteiger partial charge >= 0.3 is 0 Å². The second kappa shape index (κ2) is 5.14. The first-order valence-corrected chi connectivity index (χ1v) is 5.23. The molecule has 0 fully saturated rings. The zero-order chi connectivity index (χ0) is 9.68. The molecule has 1 atom stereocenters. The molecule has 1 rings (SSSR count). The third kappa shape index (κ3) is 3.70. The molecule has 0 heterocycles. The van der Waals surface area contributed by atoms with Crippen molar-refractivity contribution >= 4 is 11.8 Å². The quantitative estimate of drug-likeness (QED) is 0.751. The number of hydrogen-bond acceptors (Lipinski definition) is 3. The van der Waals surface area contributed by atoms with Gasteiger partial charge in [0.25, 0.3) is 0 Å². The van der Waals surface area contributed by atoms with Gasteiger partial charge in [0.1, 0.15) is 5.75 Å². The van der Waals surface area contributed by atoms with Crippen LogP contribution >= 0.6 is 11.8 Å². The largest absolute Gasteiger partial charge is 0.497 e. The molecule has 0 aliphatic carbocycles. The van der Waals surface area contributed by atoms with Gasteiger partial charge in [0.2, 0.25) is 0 Å². The monoisotopic (exact) mass is 197 g/mol. The highest BCUT2D eigenvalue weighted by Gasteiger charge is 1.98. The molecule has 0 radical (unpaired) electrons. The smallest absolute Gasteiger partial charge is 0.119 e. The molecule has 1 unspecified atom stereocenters. The molecule has 72 valence electrons. The van der Waals surface area contributed by atoms with E-state index in [-0.39, 0.29) is 6.04 Å². The second-order valence-corrected chi connectivity index (χ2v) is 4.06. The maximum Gasteiger partial charge on any atom is 0.119 e. The Hall–Kier alpha value is -0.670. The van der Waals surface area contributed by atoms with Crippen molar-refractivity contribution in [2.24, 2.45) is 5.73 Å². The standard InChI is InChI=1S/C10H15NOS/c1-8(11)7-13-10-5-3-4-9(6-10)12-2/h3-6,8H,7,11H2,1-2H3. The molecule has 0 aromatic heterocycles. The third-order valence-electron chi connectivity index (χ3n) is 1.55. The van der Waals surface area contributed by atoms with Crippen molar-refractivity contribution in [2.75, 3.05) is 12.9 Å². The van der Waals surface area contributed by atoms with Gasteiger partial charge in [-0.2, -0.15) is 0 Å². The fraction of sp³-hybridized carbons (Fsp3) is 0.400. The summed E-state index contributed by atoms with van der Waals surface area (Å²) in [5.41, 5.74) is 5.66. The molecule has 1 aromatic carbocycles. The van der Waals surface area contributed by atoms with Crippen LogP contribution in [-0.4, -0.2) is 18.9 Å². The lowest BCUT2D eigenvalue weighted by atomic mass is 10.3. The summed E-state index contributed by atoms with van der Waals surface area (Å²) in [4.78, 5) is 1.21. The number of nitrogens with two attached hydrogens (primary N) is 1. The number of ether oxygens (including phenoxy) is 1. The van der Waals surface area contributed by atoms with Crippen molar-refractivity contribution in [3.05, 3.63) is 24.3 Å². The molecule has 1 aromatic rings. The normalized spacial score (nSPS) is 12.5. The summed E-state index contributed by atoms with van der Waals surface area (Å²) < 4.78 is 5.12. The van der Waals surface area contributed by atoms with E-state index in [0.717, 1.165) is 11.5 Å². The van der Waals surface area contributed by atoms with E-state index in [4.69, 9.17) is 10.5 Å². The van der Waals surface area contributed by atoms with Gasteiger partial charge in [0, 0.05) is 16.7 Å². The average Bonchev–Trinajstić information content (AvgIpc) is 2.15. The van der Waals surface area contributed by atoms with Crippen LogP contribution in [0.1, 0.15) is 6.92 Å². The van der Waals surface area contributed by atoms with Crippen molar-refractivity contribution < 1.29 is 4.74 Å². The Bertz CT molecular complexity index is 263. The lowest BCUT2D eigenvalue weighted by Gasteiger charge is -2.05. The zero-order valence-electron chi connectivity index (χ0n) is 7.99. The lowest BCUT2D eigenvalue weighted by molar-refractivity contribution is 0.413. The molecule has 0 saturated carbocycles. The highest BCUT2D eigenvalue weighted by Crippen LogP contribution is 2.22. The van der Waals surface area contributed by atoms with Crippen LogP contribution in [0.25, 0.3) is 0 Å². The van der Waals surface area contributed by atoms with E-state index in [1.807, 2.05) is 25.1 Å². The number of benzene rings is 1. The van der Waals surface area contributed by atoms with Crippen LogP contribution < -0.4 is 10.5 Å². The maximum absolute atomic E-state index is 5.66. The number of thioether (sulfide) groups is 1.